The average Bonchev–Trinajstić information content (AvgIpc) is 2.73. The van der Waals surface area contributed by atoms with Crippen molar-refractivity contribution in [3.8, 4) is 0 Å². The molecule has 0 radical (unpaired) electrons. The van der Waals surface area contributed by atoms with Crippen LogP contribution in [-0.2, 0) is 24.4 Å². The van der Waals surface area contributed by atoms with Crippen molar-refractivity contribution >= 4 is 10.9 Å². The highest BCUT2D eigenvalue weighted by Crippen LogP contribution is 2.28. The van der Waals surface area contributed by atoms with Crippen molar-refractivity contribution in [3.63, 3.8) is 0 Å². The summed E-state index contributed by atoms with van der Waals surface area (Å²) in [6.07, 6.45) is 1.05. The Balaban J connectivity index is 2.41. The van der Waals surface area contributed by atoms with Crippen molar-refractivity contribution in [1.29, 1.82) is 0 Å². The van der Waals surface area contributed by atoms with Gasteiger partial charge in [-0.25, -0.2) is 4.98 Å². The lowest BCUT2D eigenvalue weighted by atomic mass is 10.00. The Kier molecular flexibility index (Phi) is 1.96. The van der Waals surface area contributed by atoms with Crippen LogP contribution in [0.4, 0.5) is 0 Å². The number of para-hydroxylation sites is 1. The molecule has 1 aliphatic heterocycles. The van der Waals surface area contributed by atoms with E-state index < -0.39 is 0 Å². The lowest BCUT2D eigenvalue weighted by Gasteiger charge is -2.08. The summed E-state index contributed by atoms with van der Waals surface area (Å²) in [5.41, 5.74) is 4.95. The van der Waals surface area contributed by atoms with Crippen molar-refractivity contribution < 1.29 is 4.74 Å². The Labute approximate surface area is 88.9 Å². The fourth-order valence-corrected chi connectivity index (χ4v) is 2.32. The summed E-state index contributed by atoms with van der Waals surface area (Å²) in [4.78, 5) is 4.64. The molecule has 76 valence electrons. The van der Waals surface area contributed by atoms with Gasteiger partial charge in [0.25, 0.3) is 0 Å². The third-order valence-electron chi connectivity index (χ3n) is 3.04. The molecule has 1 aromatic heterocycles. The molecule has 0 aliphatic carbocycles. The van der Waals surface area contributed by atoms with Crippen LogP contribution in [0.2, 0.25) is 0 Å². The van der Waals surface area contributed by atoms with E-state index in [4.69, 9.17) is 4.74 Å². The Morgan fingerprint density at radius 1 is 1.27 bits per heavy atom. The van der Waals surface area contributed by atoms with Crippen LogP contribution >= 0.6 is 0 Å². The van der Waals surface area contributed by atoms with Gasteiger partial charge in [-0.05, 0) is 18.1 Å². The van der Waals surface area contributed by atoms with Crippen LogP contribution in [0.5, 0.6) is 0 Å². The second-order valence-electron chi connectivity index (χ2n) is 3.88. The number of benzene rings is 1. The number of aromatic nitrogens is 1. The van der Waals surface area contributed by atoms with Crippen LogP contribution in [-0.4, -0.2) is 4.98 Å². The molecule has 3 rings (SSSR count). The van der Waals surface area contributed by atoms with E-state index in [9.17, 15) is 0 Å². The third kappa shape index (κ3) is 1.25. The molecule has 1 aromatic carbocycles. The first-order valence-corrected chi connectivity index (χ1v) is 5.37. The molecule has 2 aromatic rings. The predicted molar refractivity (Wildman–Crippen MR) is 59.6 cm³/mol. The highest BCUT2D eigenvalue weighted by atomic mass is 16.5. The van der Waals surface area contributed by atoms with Crippen molar-refractivity contribution in [2.75, 3.05) is 0 Å². The molecule has 0 saturated carbocycles. The molecule has 2 nitrogen and oxygen atoms in total. The number of hydrogen-bond donors (Lipinski definition) is 0. The monoisotopic (exact) mass is 199 g/mol. The smallest absolute Gasteiger partial charge is 0.0896 e. The Bertz CT molecular complexity index is 519. The van der Waals surface area contributed by atoms with Gasteiger partial charge < -0.3 is 4.74 Å². The van der Waals surface area contributed by atoms with Gasteiger partial charge in [-0.15, -0.1) is 0 Å². The van der Waals surface area contributed by atoms with Gasteiger partial charge in [0.05, 0.1) is 24.4 Å². The molecule has 0 fully saturated rings. The van der Waals surface area contributed by atoms with Crippen LogP contribution < -0.4 is 0 Å². The van der Waals surface area contributed by atoms with Gasteiger partial charge in [0.1, 0.15) is 0 Å². The molecule has 0 spiro atoms. The van der Waals surface area contributed by atoms with E-state index in [0.29, 0.717) is 6.61 Å². The number of fused-ring (bicyclic) bond motifs is 2. The van der Waals surface area contributed by atoms with Gasteiger partial charge in [-0.1, -0.05) is 25.1 Å². The maximum absolute atomic E-state index is 5.47. The molecule has 1 aliphatic rings. The molecule has 2 heterocycles. The largest absolute Gasteiger partial charge is 0.370 e. The zero-order valence-corrected chi connectivity index (χ0v) is 8.79. The van der Waals surface area contributed by atoms with E-state index >= 15 is 0 Å². The topological polar surface area (TPSA) is 22.1 Å². The van der Waals surface area contributed by atoms with E-state index in [2.05, 4.69) is 30.1 Å². The number of ether oxygens (including phenoxy) is 1. The second kappa shape index (κ2) is 3.31. The zero-order valence-electron chi connectivity index (χ0n) is 8.79. The van der Waals surface area contributed by atoms with Crippen LogP contribution in [0.3, 0.4) is 0 Å². The molecule has 0 bridgehead atoms. The van der Waals surface area contributed by atoms with Crippen LogP contribution in [0.1, 0.15) is 23.7 Å². The molecule has 0 amide bonds. The Hall–Kier alpha value is -1.41. The normalized spacial score (nSPS) is 14.5. The highest BCUT2D eigenvalue weighted by Gasteiger charge is 2.18. The van der Waals surface area contributed by atoms with E-state index in [1.807, 2.05) is 6.07 Å². The molecule has 0 unspecified atom stereocenters. The zero-order chi connectivity index (χ0) is 10.3. The minimum Gasteiger partial charge on any atom is -0.370 e. The van der Waals surface area contributed by atoms with Gasteiger partial charge in [0, 0.05) is 10.9 Å². The molecule has 15 heavy (non-hydrogen) atoms. The first-order valence-electron chi connectivity index (χ1n) is 5.37. The minimum atomic E-state index is 0.674. The summed E-state index contributed by atoms with van der Waals surface area (Å²) in [7, 11) is 0. The number of nitrogens with zero attached hydrogens (tertiary/aromatic N) is 1. The van der Waals surface area contributed by atoms with Crippen molar-refractivity contribution in [2.24, 2.45) is 0 Å². The molecule has 0 atom stereocenters. The Morgan fingerprint density at radius 3 is 3.00 bits per heavy atom. The standard InChI is InChI=1S/C13H13NO/c1-2-9-10-5-3-4-6-12(10)14-13-8-15-7-11(9)13/h3-6H,2,7-8H2,1H3. The van der Waals surface area contributed by atoms with Gasteiger partial charge in [0.15, 0.2) is 0 Å². The second-order valence-corrected chi connectivity index (χ2v) is 3.88. The van der Waals surface area contributed by atoms with Gasteiger partial charge >= 0.3 is 0 Å². The fourth-order valence-electron chi connectivity index (χ4n) is 2.32. The van der Waals surface area contributed by atoms with E-state index in [0.717, 1.165) is 24.2 Å². The summed E-state index contributed by atoms with van der Waals surface area (Å²) < 4.78 is 5.47. The number of rotatable bonds is 1. The number of pyridine rings is 1. The van der Waals surface area contributed by atoms with E-state index in [1.165, 1.54) is 16.5 Å². The average molecular weight is 199 g/mol. The molecule has 0 saturated heterocycles. The van der Waals surface area contributed by atoms with E-state index in [1.54, 1.807) is 0 Å². The summed E-state index contributed by atoms with van der Waals surface area (Å²) in [5.74, 6) is 0. The van der Waals surface area contributed by atoms with Crippen molar-refractivity contribution in [2.45, 2.75) is 26.6 Å². The quantitative estimate of drug-likeness (QED) is 0.704. The number of hydrogen-bond acceptors (Lipinski definition) is 2. The first kappa shape index (κ1) is 8.86. The Morgan fingerprint density at radius 2 is 2.13 bits per heavy atom. The predicted octanol–water partition coefficient (Wildman–Crippen LogP) is 2.83. The maximum Gasteiger partial charge on any atom is 0.0896 e. The van der Waals surface area contributed by atoms with Gasteiger partial charge in [0.2, 0.25) is 0 Å². The molecule has 0 N–H and O–H groups in total. The summed E-state index contributed by atoms with van der Waals surface area (Å²) in [6, 6.07) is 8.34. The lowest BCUT2D eigenvalue weighted by Crippen LogP contribution is -1.97. The molecular formula is C13H13NO. The first-order chi connectivity index (χ1) is 7.40. The minimum absolute atomic E-state index is 0.674. The van der Waals surface area contributed by atoms with Crippen LogP contribution in [0.15, 0.2) is 24.3 Å². The van der Waals surface area contributed by atoms with Crippen LogP contribution in [0, 0.1) is 0 Å². The summed E-state index contributed by atoms with van der Waals surface area (Å²) >= 11 is 0. The maximum atomic E-state index is 5.47. The van der Waals surface area contributed by atoms with Crippen LogP contribution in [0.25, 0.3) is 10.9 Å². The van der Waals surface area contributed by atoms with Crippen molar-refractivity contribution in [3.05, 3.63) is 41.1 Å². The third-order valence-corrected chi connectivity index (χ3v) is 3.04. The fraction of sp³-hybridized carbons (Fsp3) is 0.308. The van der Waals surface area contributed by atoms with Gasteiger partial charge in [-0.2, -0.15) is 0 Å². The van der Waals surface area contributed by atoms with Crippen molar-refractivity contribution in [1.82, 2.24) is 4.98 Å². The summed E-state index contributed by atoms with van der Waals surface area (Å²) in [5, 5.41) is 1.28. The SMILES string of the molecule is CCc1c2c(nc3ccccc13)COC2. The molecular weight excluding hydrogens is 186 g/mol. The lowest BCUT2D eigenvalue weighted by molar-refractivity contribution is 0.133. The molecule has 2 heteroatoms. The van der Waals surface area contributed by atoms with Gasteiger partial charge in [-0.3, -0.25) is 0 Å². The number of aryl methyl sites for hydroxylation is 1. The highest BCUT2D eigenvalue weighted by molar-refractivity contribution is 5.83. The van der Waals surface area contributed by atoms with E-state index in [-0.39, 0.29) is 0 Å². The summed E-state index contributed by atoms with van der Waals surface area (Å²) in [6.45, 7) is 3.60.